The molecule has 0 aromatic rings. The summed E-state index contributed by atoms with van der Waals surface area (Å²) in [7, 11) is -3.75. The molecule has 7 heteroatoms. The molecular weight excluding hydrogens is 220 g/mol. The van der Waals surface area contributed by atoms with Crippen LogP contribution in [0.5, 0.6) is 0 Å². The zero-order valence-corrected chi connectivity index (χ0v) is 9.50. The quantitative estimate of drug-likeness (QED) is 0.640. The Kier molecular flexibility index (Phi) is 5.89. The fraction of sp³-hybridized carbons (Fsp3) is 0.750. The van der Waals surface area contributed by atoms with Gasteiger partial charge in [-0.1, -0.05) is 6.92 Å². The lowest BCUT2D eigenvalue weighted by atomic mass is 10.4. The second-order valence-electron chi connectivity index (χ2n) is 2.70. The monoisotopic (exact) mass is 234 g/mol. The van der Waals surface area contributed by atoms with Gasteiger partial charge in [-0.3, -0.25) is 4.79 Å². The van der Waals surface area contributed by atoms with Crippen molar-refractivity contribution in [3.63, 3.8) is 0 Å². The number of hydrogen-bond donors (Lipinski definition) is 1. The van der Waals surface area contributed by atoms with Crippen molar-refractivity contribution in [2.75, 3.05) is 13.2 Å². The highest BCUT2D eigenvalue weighted by atomic mass is 32.2. The molecule has 0 fully saturated rings. The number of nitriles is 1. The predicted octanol–water partition coefficient (Wildman–Crippen LogP) is -0.229. The third kappa shape index (κ3) is 4.76. The van der Waals surface area contributed by atoms with E-state index in [2.05, 4.69) is 4.74 Å². The van der Waals surface area contributed by atoms with Crippen LogP contribution in [0.15, 0.2) is 0 Å². The first-order valence-corrected chi connectivity index (χ1v) is 6.06. The van der Waals surface area contributed by atoms with E-state index in [9.17, 15) is 13.2 Å². The summed E-state index contributed by atoms with van der Waals surface area (Å²) < 4.78 is 29.3. The van der Waals surface area contributed by atoms with Crippen molar-refractivity contribution < 1.29 is 17.9 Å². The normalized spacial score (nSPS) is 12.9. The highest BCUT2D eigenvalue weighted by molar-refractivity contribution is 7.90. The molecule has 0 aliphatic carbocycles. The summed E-state index contributed by atoms with van der Waals surface area (Å²) in [5.74, 6) is -0.658. The lowest BCUT2D eigenvalue weighted by Gasteiger charge is -2.09. The number of sulfonamides is 1. The largest absolute Gasteiger partial charge is 0.465 e. The van der Waals surface area contributed by atoms with E-state index >= 15 is 0 Å². The van der Waals surface area contributed by atoms with E-state index in [-0.39, 0.29) is 13.0 Å². The lowest BCUT2D eigenvalue weighted by molar-refractivity contribution is -0.141. The average Bonchev–Trinajstić information content (AvgIpc) is 2.17. The van der Waals surface area contributed by atoms with Gasteiger partial charge >= 0.3 is 5.97 Å². The Morgan fingerprint density at radius 3 is 2.53 bits per heavy atom. The molecule has 0 aromatic carbocycles. The van der Waals surface area contributed by atoms with Crippen molar-refractivity contribution in [3.8, 4) is 6.07 Å². The number of nitrogens with one attached hydrogen (secondary N) is 1. The van der Waals surface area contributed by atoms with Crippen LogP contribution in [-0.4, -0.2) is 32.8 Å². The van der Waals surface area contributed by atoms with Crippen LogP contribution in [0.1, 0.15) is 20.3 Å². The zero-order chi connectivity index (χ0) is 11.9. The minimum Gasteiger partial charge on any atom is -0.465 e. The number of esters is 1. The van der Waals surface area contributed by atoms with Gasteiger partial charge in [-0.05, 0) is 13.3 Å². The van der Waals surface area contributed by atoms with E-state index in [0.717, 1.165) is 0 Å². The first kappa shape index (κ1) is 13.9. The number of nitrogens with zero attached hydrogens (tertiary/aromatic N) is 1. The Morgan fingerprint density at radius 1 is 1.53 bits per heavy atom. The first-order chi connectivity index (χ1) is 6.97. The molecule has 0 saturated carbocycles. The molecule has 0 rings (SSSR count). The van der Waals surface area contributed by atoms with Crippen molar-refractivity contribution in [2.24, 2.45) is 0 Å². The Morgan fingerprint density at radius 2 is 2.13 bits per heavy atom. The van der Waals surface area contributed by atoms with Crippen LogP contribution in [-0.2, 0) is 19.6 Å². The second kappa shape index (κ2) is 6.37. The van der Waals surface area contributed by atoms with Crippen molar-refractivity contribution >= 4 is 16.0 Å². The Bertz CT molecular complexity index is 344. The third-order valence-corrected chi connectivity index (χ3v) is 3.35. The van der Waals surface area contributed by atoms with Crippen molar-refractivity contribution in [1.82, 2.24) is 4.72 Å². The SMILES string of the molecule is CCOC(=O)CNS(=O)(=O)C(C#N)CC. The molecule has 86 valence electrons. The van der Waals surface area contributed by atoms with Gasteiger partial charge in [0, 0.05) is 0 Å². The Balaban J connectivity index is 4.29. The Labute approximate surface area is 89.3 Å². The standard InChI is InChI=1S/C8H14N2O4S/c1-3-7(5-9)15(12,13)10-6-8(11)14-4-2/h7,10H,3-4,6H2,1-2H3. The van der Waals surface area contributed by atoms with E-state index in [0.29, 0.717) is 0 Å². The second-order valence-corrected chi connectivity index (χ2v) is 4.64. The van der Waals surface area contributed by atoms with Gasteiger partial charge in [-0.2, -0.15) is 5.26 Å². The maximum absolute atomic E-state index is 11.4. The molecule has 1 N–H and O–H groups in total. The zero-order valence-electron chi connectivity index (χ0n) is 8.69. The molecular formula is C8H14N2O4S. The maximum Gasteiger partial charge on any atom is 0.320 e. The van der Waals surface area contributed by atoms with Crippen molar-refractivity contribution in [3.05, 3.63) is 0 Å². The number of carbonyl (C=O) groups is 1. The van der Waals surface area contributed by atoms with E-state index in [1.54, 1.807) is 19.9 Å². The molecule has 1 atom stereocenters. The van der Waals surface area contributed by atoms with Crippen molar-refractivity contribution in [2.45, 2.75) is 25.5 Å². The molecule has 6 nitrogen and oxygen atoms in total. The van der Waals surface area contributed by atoms with E-state index in [1.165, 1.54) is 0 Å². The number of hydrogen-bond acceptors (Lipinski definition) is 5. The van der Waals surface area contributed by atoms with Crippen LogP contribution in [0.2, 0.25) is 0 Å². The third-order valence-electron chi connectivity index (χ3n) is 1.61. The van der Waals surface area contributed by atoms with E-state index < -0.39 is 27.8 Å². The summed E-state index contributed by atoms with van der Waals surface area (Å²) in [5, 5.41) is 7.41. The molecule has 1 unspecified atom stereocenters. The molecule has 0 aromatic heterocycles. The minimum atomic E-state index is -3.75. The van der Waals surface area contributed by atoms with Gasteiger partial charge in [-0.25, -0.2) is 13.1 Å². The number of carbonyl (C=O) groups excluding carboxylic acids is 1. The van der Waals surface area contributed by atoms with Crippen molar-refractivity contribution in [1.29, 1.82) is 5.26 Å². The molecule has 15 heavy (non-hydrogen) atoms. The molecule has 0 amide bonds. The maximum atomic E-state index is 11.4. The summed E-state index contributed by atoms with van der Waals surface area (Å²) in [4.78, 5) is 10.9. The molecule has 0 radical (unpaired) electrons. The molecule has 0 spiro atoms. The van der Waals surface area contributed by atoms with Crippen LogP contribution in [0, 0.1) is 11.3 Å². The van der Waals surface area contributed by atoms with Gasteiger partial charge in [0.05, 0.1) is 12.7 Å². The van der Waals surface area contributed by atoms with Gasteiger partial charge in [0.2, 0.25) is 10.0 Å². The Hall–Kier alpha value is -1.13. The van der Waals surface area contributed by atoms with Crippen LogP contribution in [0.4, 0.5) is 0 Å². The lowest BCUT2D eigenvalue weighted by Crippen LogP contribution is -2.37. The fourth-order valence-electron chi connectivity index (χ4n) is 0.852. The fourth-order valence-corrected chi connectivity index (χ4v) is 1.95. The summed E-state index contributed by atoms with van der Waals surface area (Å²) in [6, 6.07) is 1.65. The first-order valence-electron chi connectivity index (χ1n) is 4.51. The molecule has 0 saturated heterocycles. The number of ether oxygens (including phenoxy) is 1. The molecule has 0 bridgehead atoms. The van der Waals surface area contributed by atoms with E-state index in [1.807, 2.05) is 4.72 Å². The molecule has 0 aliphatic rings. The van der Waals surface area contributed by atoms with Crippen LogP contribution >= 0.6 is 0 Å². The topological polar surface area (TPSA) is 96.3 Å². The molecule has 0 heterocycles. The summed E-state index contributed by atoms with van der Waals surface area (Å²) in [5.41, 5.74) is 0. The minimum absolute atomic E-state index is 0.175. The number of rotatable bonds is 6. The van der Waals surface area contributed by atoms with Gasteiger partial charge in [0.1, 0.15) is 6.54 Å². The highest BCUT2D eigenvalue weighted by Crippen LogP contribution is 2.01. The smallest absolute Gasteiger partial charge is 0.320 e. The predicted molar refractivity (Wildman–Crippen MR) is 53.2 cm³/mol. The average molecular weight is 234 g/mol. The molecule has 0 aliphatic heterocycles. The van der Waals surface area contributed by atoms with Gasteiger partial charge in [0.15, 0.2) is 5.25 Å². The summed E-state index contributed by atoms with van der Waals surface area (Å²) >= 11 is 0. The van der Waals surface area contributed by atoms with Gasteiger partial charge in [0.25, 0.3) is 0 Å². The van der Waals surface area contributed by atoms with E-state index in [4.69, 9.17) is 5.26 Å². The van der Waals surface area contributed by atoms with Crippen LogP contribution in [0.25, 0.3) is 0 Å². The summed E-state index contributed by atoms with van der Waals surface area (Å²) in [6.07, 6.45) is 0.175. The highest BCUT2D eigenvalue weighted by Gasteiger charge is 2.23. The van der Waals surface area contributed by atoms with Gasteiger partial charge in [-0.15, -0.1) is 0 Å². The summed E-state index contributed by atoms with van der Waals surface area (Å²) in [6.45, 7) is 2.96. The van der Waals surface area contributed by atoms with Gasteiger partial charge < -0.3 is 4.74 Å². The van der Waals surface area contributed by atoms with Crippen LogP contribution < -0.4 is 4.72 Å². The van der Waals surface area contributed by atoms with Crippen LogP contribution in [0.3, 0.4) is 0 Å².